The lowest BCUT2D eigenvalue weighted by Gasteiger charge is -2.27. The molecule has 1 unspecified atom stereocenters. The van der Waals surface area contributed by atoms with Gasteiger partial charge in [0, 0.05) is 30.9 Å². The number of nitrogens with two attached hydrogens (primary N) is 1. The fourth-order valence-electron chi connectivity index (χ4n) is 2.40. The highest BCUT2D eigenvalue weighted by Gasteiger charge is 2.32. The van der Waals surface area contributed by atoms with Gasteiger partial charge in [0.25, 0.3) is 0 Å². The number of halogens is 3. The van der Waals surface area contributed by atoms with Crippen molar-refractivity contribution in [1.29, 1.82) is 0 Å². The molecular weight excluding hydrogens is 301 g/mol. The van der Waals surface area contributed by atoms with E-state index in [9.17, 15) is 13.2 Å². The maximum absolute atomic E-state index is 12.8. The minimum atomic E-state index is -4.41. The van der Waals surface area contributed by atoms with E-state index in [2.05, 4.69) is 0 Å². The SMILES string of the molecule is CC1CN(c2ccc(C(F)(F)F)cc2C(N)=S)CCCO1. The van der Waals surface area contributed by atoms with Gasteiger partial charge in [-0.25, -0.2) is 0 Å². The molecule has 1 saturated heterocycles. The summed E-state index contributed by atoms with van der Waals surface area (Å²) in [5, 5.41) is 0. The minimum Gasteiger partial charge on any atom is -0.389 e. The Bertz CT molecular complexity index is 533. The maximum Gasteiger partial charge on any atom is 0.416 e. The Morgan fingerprint density at radius 2 is 2.14 bits per heavy atom. The van der Waals surface area contributed by atoms with Crippen LogP contribution in [0.5, 0.6) is 0 Å². The summed E-state index contributed by atoms with van der Waals surface area (Å²) in [6.45, 7) is 3.87. The van der Waals surface area contributed by atoms with Gasteiger partial charge < -0.3 is 15.4 Å². The third-order valence-corrected chi connectivity index (χ3v) is 3.60. The number of hydrogen-bond donors (Lipinski definition) is 1. The molecule has 0 aromatic heterocycles. The molecule has 7 heteroatoms. The molecule has 0 aliphatic carbocycles. The summed E-state index contributed by atoms with van der Waals surface area (Å²) in [6.07, 6.45) is -3.59. The summed E-state index contributed by atoms with van der Waals surface area (Å²) < 4.78 is 44.0. The van der Waals surface area contributed by atoms with Gasteiger partial charge in [-0.05, 0) is 31.5 Å². The van der Waals surface area contributed by atoms with Gasteiger partial charge in [0.05, 0.1) is 11.7 Å². The topological polar surface area (TPSA) is 38.5 Å². The van der Waals surface area contributed by atoms with Gasteiger partial charge >= 0.3 is 6.18 Å². The first kappa shape index (κ1) is 16.0. The van der Waals surface area contributed by atoms with Gasteiger partial charge in [-0.15, -0.1) is 0 Å². The first-order valence-corrected chi connectivity index (χ1v) is 7.07. The number of alkyl halides is 3. The van der Waals surface area contributed by atoms with Gasteiger partial charge in [-0.1, -0.05) is 12.2 Å². The molecule has 0 amide bonds. The number of thiocarbonyl (C=S) groups is 1. The molecule has 0 spiro atoms. The normalized spacial score (nSPS) is 20.2. The summed E-state index contributed by atoms with van der Waals surface area (Å²) in [4.78, 5) is 1.95. The molecule has 0 bridgehead atoms. The molecule has 1 aliphatic rings. The highest BCUT2D eigenvalue weighted by atomic mass is 32.1. The quantitative estimate of drug-likeness (QED) is 0.851. The van der Waals surface area contributed by atoms with E-state index in [4.69, 9.17) is 22.7 Å². The van der Waals surface area contributed by atoms with E-state index in [-0.39, 0.29) is 16.7 Å². The largest absolute Gasteiger partial charge is 0.416 e. The molecule has 1 fully saturated rings. The Kier molecular flexibility index (Phi) is 4.73. The van der Waals surface area contributed by atoms with E-state index in [0.29, 0.717) is 25.4 Å². The van der Waals surface area contributed by atoms with Crippen LogP contribution in [0.3, 0.4) is 0 Å². The van der Waals surface area contributed by atoms with Crippen LogP contribution in [-0.4, -0.2) is 30.8 Å². The van der Waals surface area contributed by atoms with E-state index in [0.717, 1.165) is 18.6 Å². The molecule has 0 radical (unpaired) electrons. The zero-order chi connectivity index (χ0) is 15.6. The van der Waals surface area contributed by atoms with Crippen LogP contribution in [0.1, 0.15) is 24.5 Å². The van der Waals surface area contributed by atoms with E-state index in [1.54, 1.807) is 0 Å². The Morgan fingerprint density at radius 1 is 1.43 bits per heavy atom. The lowest BCUT2D eigenvalue weighted by Crippen LogP contribution is -2.32. The molecule has 3 nitrogen and oxygen atoms in total. The maximum atomic E-state index is 12.8. The number of rotatable bonds is 2. The van der Waals surface area contributed by atoms with Crippen LogP contribution in [-0.2, 0) is 10.9 Å². The van der Waals surface area contributed by atoms with Crippen molar-refractivity contribution in [3.63, 3.8) is 0 Å². The molecule has 2 rings (SSSR count). The first-order valence-electron chi connectivity index (χ1n) is 6.66. The molecule has 1 aromatic rings. The minimum absolute atomic E-state index is 0.00832. The van der Waals surface area contributed by atoms with Gasteiger partial charge in [0.2, 0.25) is 0 Å². The zero-order valence-corrected chi connectivity index (χ0v) is 12.4. The van der Waals surface area contributed by atoms with E-state index < -0.39 is 11.7 Å². The number of anilines is 1. The smallest absolute Gasteiger partial charge is 0.389 e. The van der Waals surface area contributed by atoms with Crippen molar-refractivity contribution in [2.75, 3.05) is 24.6 Å². The third-order valence-electron chi connectivity index (χ3n) is 3.38. The van der Waals surface area contributed by atoms with Crippen molar-refractivity contribution < 1.29 is 17.9 Å². The Labute approximate surface area is 126 Å². The van der Waals surface area contributed by atoms with Gasteiger partial charge in [-0.3, -0.25) is 0 Å². The second-order valence-corrected chi connectivity index (χ2v) is 5.51. The fourth-order valence-corrected chi connectivity index (χ4v) is 2.56. The van der Waals surface area contributed by atoms with Gasteiger partial charge in [0.15, 0.2) is 0 Å². The zero-order valence-electron chi connectivity index (χ0n) is 11.6. The monoisotopic (exact) mass is 318 g/mol. The number of hydrogen-bond acceptors (Lipinski definition) is 3. The van der Waals surface area contributed by atoms with Gasteiger partial charge in [-0.2, -0.15) is 13.2 Å². The molecule has 0 saturated carbocycles. The fraction of sp³-hybridized carbons (Fsp3) is 0.500. The summed E-state index contributed by atoms with van der Waals surface area (Å²) in [6, 6.07) is 3.52. The first-order chi connectivity index (χ1) is 9.79. The Hall–Kier alpha value is -1.34. The van der Waals surface area contributed by atoms with Crippen LogP contribution in [0.2, 0.25) is 0 Å². The number of ether oxygens (including phenoxy) is 1. The molecule has 116 valence electrons. The summed E-state index contributed by atoms with van der Waals surface area (Å²) in [5.41, 5.74) is 5.76. The lowest BCUT2D eigenvalue weighted by atomic mass is 10.1. The number of benzene rings is 1. The van der Waals surface area contributed by atoms with Gasteiger partial charge in [0.1, 0.15) is 4.99 Å². The predicted molar refractivity (Wildman–Crippen MR) is 79.6 cm³/mol. The van der Waals surface area contributed by atoms with E-state index in [1.807, 2.05) is 11.8 Å². The van der Waals surface area contributed by atoms with E-state index >= 15 is 0 Å². The Morgan fingerprint density at radius 3 is 2.76 bits per heavy atom. The summed E-state index contributed by atoms with van der Waals surface area (Å²) in [5.74, 6) is 0. The van der Waals surface area contributed by atoms with Crippen LogP contribution in [0.25, 0.3) is 0 Å². The van der Waals surface area contributed by atoms with Crippen molar-refractivity contribution in [1.82, 2.24) is 0 Å². The number of nitrogens with zero attached hydrogens (tertiary/aromatic N) is 1. The standard InChI is InChI=1S/C14H17F3N2OS/c1-9-8-19(5-2-6-20-9)12-4-3-10(14(15,16)17)7-11(12)13(18)21/h3-4,7,9H,2,5-6,8H2,1H3,(H2,18,21). The molecule has 2 N–H and O–H groups in total. The second kappa shape index (κ2) is 6.19. The third kappa shape index (κ3) is 3.85. The van der Waals surface area contributed by atoms with Crippen molar-refractivity contribution in [3.05, 3.63) is 29.3 Å². The van der Waals surface area contributed by atoms with Crippen molar-refractivity contribution in [2.24, 2.45) is 5.73 Å². The van der Waals surface area contributed by atoms with Crippen LogP contribution < -0.4 is 10.6 Å². The average Bonchev–Trinajstić information content (AvgIpc) is 2.61. The molecule has 1 aromatic carbocycles. The predicted octanol–water partition coefficient (Wildman–Crippen LogP) is 2.95. The molecule has 1 heterocycles. The highest BCUT2D eigenvalue weighted by molar-refractivity contribution is 7.80. The van der Waals surface area contributed by atoms with Crippen LogP contribution >= 0.6 is 12.2 Å². The Balaban J connectivity index is 2.40. The molecule has 1 atom stereocenters. The van der Waals surface area contributed by atoms with Crippen molar-refractivity contribution in [3.8, 4) is 0 Å². The van der Waals surface area contributed by atoms with Crippen LogP contribution in [0, 0.1) is 0 Å². The van der Waals surface area contributed by atoms with E-state index in [1.165, 1.54) is 6.07 Å². The van der Waals surface area contributed by atoms with Crippen LogP contribution in [0.4, 0.5) is 18.9 Å². The molecule has 1 aliphatic heterocycles. The van der Waals surface area contributed by atoms with Crippen LogP contribution in [0.15, 0.2) is 18.2 Å². The molecule has 21 heavy (non-hydrogen) atoms. The highest BCUT2D eigenvalue weighted by Crippen LogP contribution is 2.33. The average molecular weight is 318 g/mol. The summed E-state index contributed by atoms with van der Waals surface area (Å²) in [7, 11) is 0. The molecular formula is C14H17F3N2OS. The second-order valence-electron chi connectivity index (χ2n) is 5.07. The summed E-state index contributed by atoms with van der Waals surface area (Å²) >= 11 is 4.92. The lowest BCUT2D eigenvalue weighted by molar-refractivity contribution is -0.137. The van der Waals surface area contributed by atoms with Crippen molar-refractivity contribution in [2.45, 2.75) is 25.6 Å². The van der Waals surface area contributed by atoms with Crippen molar-refractivity contribution >= 4 is 22.9 Å².